The molecule has 2 aromatic carbocycles. The van der Waals surface area contributed by atoms with Crippen LogP contribution in [0.4, 0.5) is 14.5 Å². The van der Waals surface area contributed by atoms with E-state index in [-0.39, 0.29) is 40.2 Å². The molecule has 0 saturated carbocycles. The van der Waals surface area contributed by atoms with Crippen molar-refractivity contribution in [1.82, 2.24) is 10.1 Å². The first kappa shape index (κ1) is 20.9. The number of hydrogen-bond donors (Lipinski definition) is 1. The van der Waals surface area contributed by atoms with E-state index in [4.69, 9.17) is 16.1 Å². The van der Waals surface area contributed by atoms with Crippen molar-refractivity contribution in [3.05, 3.63) is 70.8 Å². The summed E-state index contributed by atoms with van der Waals surface area (Å²) < 4.78 is 55.5. The number of carbonyl (C=O) groups is 1. The smallest absolute Gasteiger partial charge is 0.227 e. The highest BCUT2D eigenvalue weighted by molar-refractivity contribution is 7.90. The number of anilines is 1. The number of nitrogens with one attached hydrogen (secondary N) is 1. The summed E-state index contributed by atoms with van der Waals surface area (Å²) in [7, 11) is -3.77. The Hall–Kier alpha value is -2.85. The summed E-state index contributed by atoms with van der Waals surface area (Å²) in [5.41, 5.74) is 0.259. The molecule has 1 aromatic heterocycles. The van der Waals surface area contributed by atoms with E-state index in [9.17, 15) is 22.0 Å². The van der Waals surface area contributed by atoms with Gasteiger partial charge in [0.15, 0.2) is 15.7 Å². The molecule has 1 heterocycles. The van der Waals surface area contributed by atoms with Crippen LogP contribution in [0.3, 0.4) is 0 Å². The summed E-state index contributed by atoms with van der Waals surface area (Å²) in [6.45, 7) is 0. The van der Waals surface area contributed by atoms with E-state index in [1.54, 1.807) is 0 Å². The van der Waals surface area contributed by atoms with Crippen LogP contribution in [-0.2, 0) is 26.8 Å². The normalized spacial score (nSPS) is 11.4. The number of sulfone groups is 1. The van der Waals surface area contributed by atoms with Gasteiger partial charge in [0.2, 0.25) is 11.8 Å². The minimum Gasteiger partial charge on any atom is -0.339 e. The lowest BCUT2D eigenvalue weighted by Gasteiger charge is -2.06. The molecule has 1 N–H and O–H groups in total. The quantitative estimate of drug-likeness (QED) is 0.562. The van der Waals surface area contributed by atoms with Crippen molar-refractivity contribution in [2.24, 2.45) is 0 Å². The molecular weight excluding hydrogens is 428 g/mol. The van der Waals surface area contributed by atoms with Crippen LogP contribution in [0.2, 0.25) is 5.02 Å². The molecule has 0 radical (unpaired) electrons. The third kappa shape index (κ3) is 5.58. The van der Waals surface area contributed by atoms with Gasteiger partial charge >= 0.3 is 0 Å². The zero-order chi connectivity index (χ0) is 21.0. The minimum atomic E-state index is -3.77. The molecule has 0 bridgehead atoms. The Morgan fingerprint density at radius 3 is 2.48 bits per heavy atom. The standard InChI is InChI=1S/C18H14ClF2N3O4S/c19-14-9-12(21)3-6-15(14)22-17(25)7-8-18-23-16(24-28-18)10-29(26,27)13-4-1-11(20)2-5-13/h1-6,9H,7-8,10H2,(H,22,25). The van der Waals surface area contributed by atoms with Gasteiger partial charge in [-0.25, -0.2) is 17.2 Å². The van der Waals surface area contributed by atoms with Gasteiger partial charge in [0.25, 0.3) is 0 Å². The van der Waals surface area contributed by atoms with E-state index in [1.807, 2.05) is 0 Å². The molecule has 152 valence electrons. The zero-order valence-corrected chi connectivity index (χ0v) is 16.3. The van der Waals surface area contributed by atoms with E-state index in [0.29, 0.717) is 0 Å². The lowest BCUT2D eigenvalue weighted by atomic mass is 10.2. The van der Waals surface area contributed by atoms with Crippen LogP contribution in [0.1, 0.15) is 18.1 Å². The largest absolute Gasteiger partial charge is 0.339 e. The Labute approximate surface area is 169 Å². The maximum absolute atomic E-state index is 13.0. The average Bonchev–Trinajstić information content (AvgIpc) is 3.09. The van der Waals surface area contributed by atoms with E-state index in [0.717, 1.165) is 36.4 Å². The van der Waals surface area contributed by atoms with E-state index in [2.05, 4.69) is 15.5 Å². The van der Waals surface area contributed by atoms with Crippen LogP contribution >= 0.6 is 11.6 Å². The molecule has 0 fully saturated rings. The predicted octanol–water partition coefficient (Wildman–Crippen LogP) is 3.55. The van der Waals surface area contributed by atoms with Crippen LogP contribution in [0, 0.1) is 11.6 Å². The van der Waals surface area contributed by atoms with Gasteiger partial charge in [-0.05, 0) is 42.5 Å². The van der Waals surface area contributed by atoms with Crippen molar-refractivity contribution in [3.63, 3.8) is 0 Å². The first-order valence-corrected chi connectivity index (χ1v) is 10.3. The monoisotopic (exact) mass is 441 g/mol. The summed E-state index contributed by atoms with van der Waals surface area (Å²) >= 11 is 5.84. The number of halogens is 3. The van der Waals surface area contributed by atoms with Gasteiger partial charge in [0.05, 0.1) is 15.6 Å². The Kier molecular flexibility index (Phi) is 6.23. The predicted molar refractivity (Wildman–Crippen MR) is 99.9 cm³/mol. The van der Waals surface area contributed by atoms with Crippen LogP contribution in [0.25, 0.3) is 0 Å². The third-order valence-electron chi connectivity index (χ3n) is 3.77. The Balaban J connectivity index is 1.57. The topological polar surface area (TPSA) is 102 Å². The fourth-order valence-electron chi connectivity index (χ4n) is 2.37. The second-order valence-electron chi connectivity index (χ2n) is 5.99. The van der Waals surface area contributed by atoms with E-state index in [1.165, 1.54) is 6.07 Å². The summed E-state index contributed by atoms with van der Waals surface area (Å²) in [6, 6.07) is 7.95. The number of carbonyl (C=O) groups excluding carboxylic acids is 1. The maximum Gasteiger partial charge on any atom is 0.227 e. The Morgan fingerprint density at radius 2 is 1.79 bits per heavy atom. The molecule has 0 aliphatic heterocycles. The number of aromatic nitrogens is 2. The van der Waals surface area contributed by atoms with Gasteiger partial charge in [0.1, 0.15) is 17.4 Å². The molecule has 0 aliphatic carbocycles. The number of nitrogens with zero attached hydrogens (tertiary/aromatic N) is 2. The van der Waals surface area contributed by atoms with Crippen molar-refractivity contribution < 1.29 is 26.5 Å². The number of hydrogen-bond acceptors (Lipinski definition) is 6. The molecule has 1 amide bonds. The zero-order valence-electron chi connectivity index (χ0n) is 14.7. The number of amides is 1. The molecule has 7 nitrogen and oxygen atoms in total. The number of aryl methyl sites for hydroxylation is 1. The van der Waals surface area contributed by atoms with Crippen LogP contribution in [0.15, 0.2) is 51.9 Å². The molecule has 3 rings (SSSR count). The van der Waals surface area contributed by atoms with Gasteiger partial charge in [-0.15, -0.1) is 0 Å². The van der Waals surface area contributed by atoms with Crippen molar-refractivity contribution in [2.45, 2.75) is 23.5 Å². The number of rotatable bonds is 7. The molecule has 11 heteroatoms. The molecular formula is C18H14ClF2N3O4S. The lowest BCUT2D eigenvalue weighted by molar-refractivity contribution is -0.116. The molecule has 0 spiro atoms. The van der Waals surface area contributed by atoms with Crippen LogP contribution < -0.4 is 5.32 Å². The van der Waals surface area contributed by atoms with Crippen molar-refractivity contribution in [2.75, 3.05) is 5.32 Å². The number of benzene rings is 2. The summed E-state index contributed by atoms with van der Waals surface area (Å²) in [6.07, 6.45) is 0.0221. The van der Waals surface area contributed by atoms with Crippen molar-refractivity contribution in [1.29, 1.82) is 0 Å². The van der Waals surface area contributed by atoms with E-state index >= 15 is 0 Å². The second-order valence-corrected chi connectivity index (χ2v) is 8.39. The first-order chi connectivity index (χ1) is 13.7. The van der Waals surface area contributed by atoms with Crippen LogP contribution in [0.5, 0.6) is 0 Å². The van der Waals surface area contributed by atoms with Crippen LogP contribution in [-0.4, -0.2) is 24.5 Å². The summed E-state index contributed by atoms with van der Waals surface area (Å²) in [4.78, 5) is 15.9. The van der Waals surface area contributed by atoms with Crippen molar-refractivity contribution in [3.8, 4) is 0 Å². The highest BCUT2D eigenvalue weighted by Crippen LogP contribution is 2.22. The summed E-state index contributed by atoms with van der Waals surface area (Å²) in [5, 5.41) is 6.18. The highest BCUT2D eigenvalue weighted by atomic mass is 35.5. The highest BCUT2D eigenvalue weighted by Gasteiger charge is 2.20. The molecule has 29 heavy (non-hydrogen) atoms. The van der Waals surface area contributed by atoms with Gasteiger partial charge in [-0.2, -0.15) is 4.98 Å². The molecule has 3 aromatic rings. The molecule has 0 saturated heterocycles. The van der Waals surface area contributed by atoms with Gasteiger partial charge in [-0.1, -0.05) is 16.8 Å². The molecule has 0 unspecified atom stereocenters. The SMILES string of the molecule is O=C(CCc1nc(CS(=O)(=O)c2ccc(F)cc2)no1)Nc1ccc(F)cc1Cl. The second kappa shape index (κ2) is 8.66. The first-order valence-electron chi connectivity index (χ1n) is 8.27. The lowest BCUT2D eigenvalue weighted by Crippen LogP contribution is -2.13. The fourth-order valence-corrected chi connectivity index (χ4v) is 3.76. The van der Waals surface area contributed by atoms with Crippen molar-refractivity contribution >= 4 is 33.0 Å². The molecule has 0 aliphatic rings. The Bertz CT molecular complexity index is 1130. The maximum atomic E-state index is 13.0. The van der Waals surface area contributed by atoms with E-state index < -0.39 is 33.1 Å². The minimum absolute atomic E-state index is 0.0416. The van der Waals surface area contributed by atoms with Gasteiger partial charge in [0, 0.05) is 12.8 Å². The van der Waals surface area contributed by atoms with Gasteiger partial charge in [-0.3, -0.25) is 4.79 Å². The van der Waals surface area contributed by atoms with Gasteiger partial charge < -0.3 is 9.84 Å². The average molecular weight is 442 g/mol. The summed E-state index contributed by atoms with van der Waals surface area (Å²) in [5.74, 6) is -2.02. The fraction of sp³-hybridized carbons (Fsp3) is 0.167. The molecule has 0 atom stereocenters. The Morgan fingerprint density at radius 1 is 1.10 bits per heavy atom. The third-order valence-corrected chi connectivity index (χ3v) is 5.71.